The van der Waals surface area contributed by atoms with Gasteiger partial charge in [-0.15, -0.1) is 0 Å². The van der Waals surface area contributed by atoms with Crippen molar-refractivity contribution in [3.63, 3.8) is 0 Å². The zero-order chi connectivity index (χ0) is 9.80. The zero-order valence-corrected chi connectivity index (χ0v) is 8.48. The number of rotatable bonds is 2. The number of hydrogen-bond acceptors (Lipinski definition) is 2. The quantitative estimate of drug-likeness (QED) is 0.623. The van der Waals surface area contributed by atoms with Gasteiger partial charge in [-0.25, -0.2) is 0 Å². The maximum Gasteiger partial charge on any atom is 0.123 e. The molecule has 0 N–H and O–H groups in total. The minimum Gasteiger partial charge on any atom is -0.372 e. The largest absolute Gasteiger partial charge is 0.372 e. The van der Waals surface area contributed by atoms with E-state index in [2.05, 4.69) is 23.1 Å². The van der Waals surface area contributed by atoms with Crippen molar-refractivity contribution in [1.29, 1.82) is 0 Å². The first kappa shape index (κ1) is 9.50. The summed E-state index contributed by atoms with van der Waals surface area (Å²) in [5.74, 6) is 0.305. The maximum absolute atomic E-state index is 10.6. The molecule has 0 saturated carbocycles. The Balaban J connectivity index is 1.91. The van der Waals surface area contributed by atoms with Crippen LogP contribution in [0.25, 0.3) is 0 Å². The van der Waals surface area contributed by atoms with E-state index in [1.54, 1.807) is 0 Å². The number of nitrogens with zero attached hydrogens (tertiary/aromatic N) is 1. The lowest BCUT2D eigenvalue weighted by Crippen LogP contribution is -2.33. The van der Waals surface area contributed by atoms with E-state index >= 15 is 0 Å². The average Bonchev–Trinajstić information content (AvgIpc) is 2.30. The van der Waals surface area contributed by atoms with Crippen LogP contribution in [0.5, 0.6) is 0 Å². The molecule has 2 rings (SSSR count). The molecule has 0 amide bonds. The third-order valence-corrected chi connectivity index (χ3v) is 3.07. The minimum absolute atomic E-state index is 0.305. The van der Waals surface area contributed by atoms with Gasteiger partial charge in [0.15, 0.2) is 0 Å². The van der Waals surface area contributed by atoms with Crippen molar-refractivity contribution < 1.29 is 4.79 Å². The van der Waals surface area contributed by atoms with Crippen molar-refractivity contribution in [2.75, 3.05) is 13.1 Å². The van der Waals surface area contributed by atoms with Gasteiger partial charge in [0, 0.05) is 24.7 Å². The average molecular weight is 191 g/mol. The van der Waals surface area contributed by atoms with Crippen LogP contribution in [0.4, 0.5) is 0 Å². The monoisotopic (exact) mass is 191 g/mol. The SMILES string of the molecule is O=CC1CCN(C2=CCCC=C2)CC1. The number of aldehydes is 1. The molecule has 1 saturated heterocycles. The third-order valence-electron chi connectivity index (χ3n) is 3.07. The lowest BCUT2D eigenvalue weighted by atomic mass is 9.97. The summed E-state index contributed by atoms with van der Waals surface area (Å²) in [5.41, 5.74) is 1.36. The van der Waals surface area contributed by atoms with E-state index in [4.69, 9.17) is 0 Å². The van der Waals surface area contributed by atoms with Gasteiger partial charge in [-0.2, -0.15) is 0 Å². The predicted molar refractivity (Wildman–Crippen MR) is 56.8 cm³/mol. The molecule has 0 aromatic heterocycles. The summed E-state index contributed by atoms with van der Waals surface area (Å²) in [6.07, 6.45) is 12.3. The third kappa shape index (κ3) is 2.06. The van der Waals surface area contributed by atoms with Crippen molar-refractivity contribution in [3.05, 3.63) is 23.9 Å². The highest BCUT2D eigenvalue weighted by atomic mass is 16.1. The maximum atomic E-state index is 10.6. The summed E-state index contributed by atoms with van der Waals surface area (Å²) in [5, 5.41) is 0. The summed E-state index contributed by atoms with van der Waals surface area (Å²) in [7, 11) is 0. The molecule has 2 aliphatic rings. The van der Waals surface area contributed by atoms with Gasteiger partial charge in [0.2, 0.25) is 0 Å². The van der Waals surface area contributed by atoms with Crippen molar-refractivity contribution >= 4 is 6.29 Å². The Morgan fingerprint density at radius 3 is 2.64 bits per heavy atom. The van der Waals surface area contributed by atoms with Gasteiger partial charge in [-0.3, -0.25) is 0 Å². The first-order valence-electron chi connectivity index (χ1n) is 5.47. The second-order valence-electron chi connectivity index (χ2n) is 4.07. The van der Waals surface area contributed by atoms with Crippen LogP contribution in [0.2, 0.25) is 0 Å². The topological polar surface area (TPSA) is 20.3 Å². The fourth-order valence-corrected chi connectivity index (χ4v) is 2.13. The lowest BCUT2D eigenvalue weighted by molar-refractivity contribution is -0.112. The summed E-state index contributed by atoms with van der Waals surface area (Å²) in [6, 6.07) is 0. The number of likely N-dealkylation sites (tertiary alicyclic amines) is 1. The van der Waals surface area contributed by atoms with Gasteiger partial charge < -0.3 is 9.69 Å². The lowest BCUT2D eigenvalue weighted by Gasteiger charge is -2.33. The first-order chi connectivity index (χ1) is 6.90. The summed E-state index contributed by atoms with van der Waals surface area (Å²) < 4.78 is 0. The van der Waals surface area contributed by atoms with Crippen molar-refractivity contribution in [3.8, 4) is 0 Å². The molecule has 1 aliphatic heterocycles. The fraction of sp³-hybridized carbons (Fsp3) is 0.583. The van der Waals surface area contributed by atoms with E-state index in [1.807, 2.05) is 0 Å². The van der Waals surface area contributed by atoms with Crippen LogP contribution in [0.3, 0.4) is 0 Å². The molecule has 0 aromatic carbocycles. The molecule has 0 unspecified atom stereocenters. The molecule has 1 aliphatic carbocycles. The van der Waals surface area contributed by atoms with Gasteiger partial charge in [0.1, 0.15) is 6.29 Å². The normalized spacial score (nSPS) is 23.4. The minimum atomic E-state index is 0.305. The Labute approximate surface area is 85.3 Å². The van der Waals surface area contributed by atoms with Crippen LogP contribution in [0.1, 0.15) is 25.7 Å². The van der Waals surface area contributed by atoms with Crippen molar-refractivity contribution in [2.45, 2.75) is 25.7 Å². The van der Waals surface area contributed by atoms with Crippen LogP contribution in [0, 0.1) is 5.92 Å². The number of carbonyl (C=O) groups is 1. The Morgan fingerprint density at radius 2 is 2.07 bits per heavy atom. The van der Waals surface area contributed by atoms with Gasteiger partial charge in [-0.1, -0.05) is 12.2 Å². The van der Waals surface area contributed by atoms with Gasteiger partial charge in [0.05, 0.1) is 0 Å². The van der Waals surface area contributed by atoms with Crippen LogP contribution < -0.4 is 0 Å². The Kier molecular flexibility index (Phi) is 3.02. The highest BCUT2D eigenvalue weighted by molar-refractivity contribution is 5.53. The van der Waals surface area contributed by atoms with Gasteiger partial charge in [-0.05, 0) is 31.8 Å². The summed E-state index contributed by atoms with van der Waals surface area (Å²) >= 11 is 0. The highest BCUT2D eigenvalue weighted by Gasteiger charge is 2.19. The van der Waals surface area contributed by atoms with Gasteiger partial charge >= 0.3 is 0 Å². The molecule has 14 heavy (non-hydrogen) atoms. The van der Waals surface area contributed by atoms with E-state index < -0.39 is 0 Å². The fourth-order valence-electron chi connectivity index (χ4n) is 2.13. The number of piperidine rings is 1. The molecule has 2 heteroatoms. The van der Waals surface area contributed by atoms with E-state index in [0.29, 0.717) is 5.92 Å². The number of carbonyl (C=O) groups excluding carboxylic acids is 1. The van der Waals surface area contributed by atoms with Crippen LogP contribution in [-0.4, -0.2) is 24.3 Å². The predicted octanol–water partition coefficient (Wildman–Crippen LogP) is 2.13. The van der Waals surface area contributed by atoms with Crippen LogP contribution in [0.15, 0.2) is 23.9 Å². The zero-order valence-electron chi connectivity index (χ0n) is 8.48. The summed E-state index contributed by atoms with van der Waals surface area (Å²) in [6.45, 7) is 2.08. The van der Waals surface area contributed by atoms with Gasteiger partial charge in [0.25, 0.3) is 0 Å². The van der Waals surface area contributed by atoms with E-state index in [-0.39, 0.29) is 0 Å². The van der Waals surface area contributed by atoms with E-state index in [1.165, 1.54) is 18.5 Å². The van der Waals surface area contributed by atoms with E-state index in [9.17, 15) is 4.79 Å². The van der Waals surface area contributed by atoms with Crippen LogP contribution >= 0.6 is 0 Å². The van der Waals surface area contributed by atoms with Crippen molar-refractivity contribution in [1.82, 2.24) is 4.90 Å². The number of allylic oxidation sites excluding steroid dienone is 3. The molecule has 0 radical (unpaired) electrons. The van der Waals surface area contributed by atoms with Crippen molar-refractivity contribution in [2.24, 2.45) is 5.92 Å². The molecule has 2 nitrogen and oxygen atoms in total. The molecule has 0 atom stereocenters. The highest BCUT2D eigenvalue weighted by Crippen LogP contribution is 2.21. The Bertz CT molecular complexity index is 259. The Morgan fingerprint density at radius 1 is 1.29 bits per heavy atom. The molecule has 1 heterocycles. The molecule has 0 aromatic rings. The summed E-state index contributed by atoms with van der Waals surface area (Å²) in [4.78, 5) is 13.0. The molecule has 0 bridgehead atoms. The molecular formula is C12H17NO. The molecule has 76 valence electrons. The van der Waals surface area contributed by atoms with Crippen LogP contribution in [-0.2, 0) is 4.79 Å². The smallest absolute Gasteiger partial charge is 0.123 e. The standard InChI is InChI=1S/C12H17NO/c14-10-11-6-8-13(9-7-11)12-4-2-1-3-5-12/h2,4-5,10-11H,1,3,6-9H2. The Hall–Kier alpha value is -1.05. The second kappa shape index (κ2) is 4.45. The first-order valence-corrected chi connectivity index (χ1v) is 5.47. The second-order valence-corrected chi connectivity index (χ2v) is 4.07. The van der Waals surface area contributed by atoms with E-state index in [0.717, 1.165) is 32.2 Å². The number of hydrogen-bond donors (Lipinski definition) is 0. The molecule has 1 fully saturated rings. The molecule has 0 spiro atoms. The molecular weight excluding hydrogens is 174 g/mol.